The van der Waals surface area contributed by atoms with Crippen LogP contribution in [0.5, 0.6) is 5.75 Å². The second kappa shape index (κ2) is 6.20. The van der Waals surface area contributed by atoms with Crippen molar-refractivity contribution < 1.29 is 9.90 Å². The van der Waals surface area contributed by atoms with Crippen LogP contribution in [0.1, 0.15) is 40.2 Å². The van der Waals surface area contributed by atoms with Crippen LogP contribution in [0.4, 0.5) is 0 Å². The van der Waals surface area contributed by atoms with Gasteiger partial charge in [-0.1, -0.05) is 26.0 Å². The van der Waals surface area contributed by atoms with E-state index < -0.39 is 5.54 Å². The SMILES string of the molecule is CC(C)N[C@@](C)(Cc1ccc(O)cc1)C(=O)C(C)C. The van der Waals surface area contributed by atoms with Gasteiger partial charge in [0.2, 0.25) is 0 Å². The van der Waals surface area contributed by atoms with Gasteiger partial charge in [-0.05, 0) is 44.9 Å². The number of nitrogens with one attached hydrogen (secondary N) is 1. The third-order valence-corrected chi connectivity index (χ3v) is 3.17. The van der Waals surface area contributed by atoms with Gasteiger partial charge in [-0.25, -0.2) is 0 Å². The molecule has 0 unspecified atom stereocenters. The summed E-state index contributed by atoms with van der Waals surface area (Å²) >= 11 is 0. The van der Waals surface area contributed by atoms with Crippen LogP contribution in [0.3, 0.4) is 0 Å². The molecule has 0 fully saturated rings. The Balaban J connectivity index is 2.97. The van der Waals surface area contributed by atoms with Gasteiger partial charge < -0.3 is 10.4 Å². The summed E-state index contributed by atoms with van der Waals surface area (Å²) in [5.74, 6) is 0.458. The molecule has 1 atom stereocenters. The topological polar surface area (TPSA) is 49.3 Å². The minimum atomic E-state index is -0.570. The van der Waals surface area contributed by atoms with Crippen molar-refractivity contribution in [2.24, 2.45) is 5.92 Å². The number of carbonyl (C=O) groups excluding carboxylic acids is 1. The molecule has 0 aromatic heterocycles. The number of phenolic OH excluding ortho intramolecular Hbond substituents is 1. The van der Waals surface area contributed by atoms with E-state index in [1.165, 1.54) is 0 Å². The third kappa shape index (κ3) is 4.35. The quantitative estimate of drug-likeness (QED) is 0.829. The molecule has 1 aromatic carbocycles. The van der Waals surface area contributed by atoms with E-state index in [9.17, 15) is 9.90 Å². The van der Waals surface area contributed by atoms with E-state index in [1.807, 2.05) is 46.8 Å². The molecular weight excluding hydrogens is 238 g/mol. The Labute approximate surface area is 116 Å². The van der Waals surface area contributed by atoms with Crippen molar-refractivity contribution in [2.45, 2.75) is 52.6 Å². The largest absolute Gasteiger partial charge is 0.508 e. The van der Waals surface area contributed by atoms with Crippen LogP contribution in [0.15, 0.2) is 24.3 Å². The monoisotopic (exact) mass is 263 g/mol. The lowest BCUT2D eigenvalue weighted by atomic mass is 9.83. The zero-order chi connectivity index (χ0) is 14.6. The fourth-order valence-corrected chi connectivity index (χ4v) is 2.51. The molecule has 106 valence electrons. The number of ketones is 1. The molecule has 1 aromatic rings. The summed E-state index contributed by atoms with van der Waals surface area (Å²) in [4.78, 5) is 12.5. The number of benzene rings is 1. The second-order valence-electron chi connectivity index (χ2n) is 5.99. The van der Waals surface area contributed by atoms with Gasteiger partial charge in [0.1, 0.15) is 5.75 Å². The lowest BCUT2D eigenvalue weighted by Crippen LogP contribution is -2.55. The van der Waals surface area contributed by atoms with E-state index >= 15 is 0 Å². The average molecular weight is 263 g/mol. The standard InChI is InChI=1S/C16H25NO2/c1-11(2)15(19)16(5,17-12(3)4)10-13-6-8-14(18)9-7-13/h6-9,11-12,17-18H,10H2,1-5H3/t16-/m0/s1. The van der Waals surface area contributed by atoms with Crippen molar-refractivity contribution in [3.05, 3.63) is 29.8 Å². The first kappa shape index (κ1) is 15.7. The predicted octanol–water partition coefficient (Wildman–Crippen LogP) is 2.92. The maximum atomic E-state index is 12.5. The molecule has 3 heteroatoms. The molecule has 0 radical (unpaired) electrons. The van der Waals surface area contributed by atoms with Crippen molar-refractivity contribution in [3.63, 3.8) is 0 Å². The van der Waals surface area contributed by atoms with Crippen molar-refractivity contribution in [2.75, 3.05) is 0 Å². The van der Waals surface area contributed by atoms with Crippen LogP contribution in [0.2, 0.25) is 0 Å². The van der Waals surface area contributed by atoms with Gasteiger partial charge in [0, 0.05) is 12.0 Å². The van der Waals surface area contributed by atoms with Crippen LogP contribution < -0.4 is 5.32 Å². The third-order valence-electron chi connectivity index (χ3n) is 3.17. The smallest absolute Gasteiger partial charge is 0.155 e. The van der Waals surface area contributed by atoms with Crippen molar-refractivity contribution in [1.82, 2.24) is 5.32 Å². The zero-order valence-corrected chi connectivity index (χ0v) is 12.5. The van der Waals surface area contributed by atoms with Crippen LogP contribution >= 0.6 is 0 Å². The number of hydrogen-bond donors (Lipinski definition) is 2. The van der Waals surface area contributed by atoms with Crippen LogP contribution in [0, 0.1) is 5.92 Å². The summed E-state index contributed by atoms with van der Waals surface area (Å²) in [5, 5.41) is 12.7. The molecule has 0 amide bonds. The lowest BCUT2D eigenvalue weighted by molar-refractivity contribution is -0.128. The second-order valence-corrected chi connectivity index (χ2v) is 5.99. The molecule has 2 N–H and O–H groups in total. The van der Waals surface area contributed by atoms with Crippen molar-refractivity contribution in [1.29, 1.82) is 0 Å². The fourth-order valence-electron chi connectivity index (χ4n) is 2.51. The molecule has 0 aliphatic carbocycles. The molecule has 19 heavy (non-hydrogen) atoms. The van der Waals surface area contributed by atoms with Gasteiger partial charge in [0.15, 0.2) is 5.78 Å². The van der Waals surface area contributed by atoms with Gasteiger partial charge in [0.25, 0.3) is 0 Å². The lowest BCUT2D eigenvalue weighted by Gasteiger charge is -2.33. The van der Waals surface area contributed by atoms with E-state index in [0.29, 0.717) is 6.42 Å². The molecule has 0 aliphatic rings. The number of Topliss-reactive ketones (excluding diaryl/α,β-unsaturated/α-hetero) is 1. The Morgan fingerprint density at radius 2 is 1.74 bits per heavy atom. The summed E-state index contributed by atoms with van der Waals surface area (Å²) in [6.45, 7) is 9.91. The minimum absolute atomic E-state index is 0.00614. The summed E-state index contributed by atoms with van der Waals surface area (Å²) in [6.07, 6.45) is 0.627. The van der Waals surface area contributed by atoms with Gasteiger partial charge in [0.05, 0.1) is 5.54 Å². The van der Waals surface area contributed by atoms with Gasteiger partial charge in [-0.3, -0.25) is 4.79 Å². The normalized spacial score (nSPS) is 14.7. The first-order valence-electron chi connectivity index (χ1n) is 6.84. The number of hydrogen-bond acceptors (Lipinski definition) is 3. The molecular formula is C16H25NO2. The van der Waals surface area contributed by atoms with Gasteiger partial charge in [-0.2, -0.15) is 0 Å². The predicted molar refractivity (Wildman–Crippen MR) is 78.3 cm³/mol. The maximum absolute atomic E-state index is 12.5. The summed E-state index contributed by atoms with van der Waals surface area (Å²) in [6, 6.07) is 7.28. The average Bonchev–Trinajstić information content (AvgIpc) is 2.30. The Morgan fingerprint density at radius 3 is 2.16 bits per heavy atom. The van der Waals surface area contributed by atoms with E-state index in [4.69, 9.17) is 0 Å². The number of carbonyl (C=O) groups is 1. The Bertz CT molecular complexity index is 423. The van der Waals surface area contributed by atoms with Crippen LogP contribution in [-0.4, -0.2) is 22.5 Å². The molecule has 3 nitrogen and oxygen atoms in total. The molecule has 0 aliphatic heterocycles. The highest BCUT2D eigenvalue weighted by Gasteiger charge is 2.34. The van der Waals surface area contributed by atoms with E-state index in [-0.39, 0.29) is 23.5 Å². The fraction of sp³-hybridized carbons (Fsp3) is 0.562. The zero-order valence-electron chi connectivity index (χ0n) is 12.5. The number of aromatic hydroxyl groups is 1. The highest BCUT2D eigenvalue weighted by Crippen LogP contribution is 2.21. The molecule has 0 heterocycles. The molecule has 1 rings (SSSR count). The highest BCUT2D eigenvalue weighted by atomic mass is 16.3. The summed E-state index contributed by atoms with van der Waals surface area (Å²) < 4.78 is 0. The van der Waals surface area contributed by atoms with E-state index in [0.717, 1.165) is 5.56 Å². The van der Waals surface area contributed by atoms with Gasteiger partial charge >= 0.3 is 0 Å². The molecule has 0 saturated heterocycles. The van der Waals surface area contributed by atoms with Crippen molar-refractivity contribution >= 4 is 5.78 Å². The Morgan fingerprint density at radius 1 is 1.21 bits per heavy atom. The van der Waals surface area contributed by atoms with E-state index in [1.54, 1.807) is 12.1 Å². The molecule has 0 spiro atoms. The van der Waals surface area contributed by atoms with Gasteiger partial charge in [-0.15, -0.1) is 0 Å². The number of rotatable bonds is 6. The Kier molecular flexibility index (Phi) is 5.12. The van der Waals surface area contributed by atoms with Crippen molar-refractivity contribution in [3.8, 4) is 5.75 Å². The summed E-state index contributed by atoms with van der Waals surface area (Å²) in [5.41, 5.74) is 0.474. The Hall–Kier alpha value is -1.35. The van der Waals surface area contributed by atoms with E-state index in [2.05, 4.69) is 5.32 Å². The molecule has 0 bridgehead atoms. The number of phenols is 1. The highest BCUT2D eigenvalue weighted by molar-refractivity contribution is 5.90. The summed E-state index contributed by atoms with van der Waals surface area (Å²) in [7, 11) is 0. The first-order chi connectivity index (χ1) is 8.74. The maximum Gasteiger partial charge on any atom is 0.155 e. The van der Waals surface area contributed by atoms with Crippen LogP contribution in [-0.2, 0) is 11.2 Å². The van der Waals surface area contributed by atoms with Crippen LogP contribution in [0.25, 0.3) is 0 Å². The molecule has 0 saturated carbocycles. The first-order valence-corrected chi connectivity index (χ1v) is 6.84. The minimum Gasteiger partial charge on any atom is -0.508 e.